The second-order valence-corrected chi connectivity index (χ2v) is 8.34. The molecule has 1 saturated heterocycles. The smallest absolute Gasteiger partial charge is 0.225 e. The van der Waals surface area contributed by atoms with Crippen molar-refractivity contribution in [3.8, 4) is 11.6 Å². The van der Waals surface area contributed by atoms with E-state index < -0.39 is 17.9 Å². The van der Waals surface area contributed by atoms with Crippen LogP contribution in [0.3, 0.4) is 0 Å². The van der Waals surface area contributed by atoms with Crippen LogP contribution in [0.5, 0.6) is 0 Å². The molecular weight excluding hydrogens is 440 g/mol. The standard InChI is InChI=1S/C22H22N8O4/c23-21-27-19-14(18-26-17(28-30(18)21)15-7-4-8-34-15)9-25-29(19)16(13-5-2-1-3-6-13)20(31)24-10-22(32)11-33-12-22/h1-9,16,20,24,31-32H,10-12H2,(H2,23,27)/t16-,20?/m0/s1. The van der Waals surface area contributed by atoms with Crippen molar-refractivity contribution in [1.29, 1.82) is 0 Å². The Morgan fingerprint density at radius 2 is 1.94 bits per heavy atom. The van der Waals surface area contributed by atoms with E-state index in [1.807, 2.05) is 30.3 Å². The Hall–Kier alpha value is -3.84. The lowest BCUT2D eigenvalue weighted by Crippen LogP contribution is -2.58. The van der Waals surface area contributed by atoms with Crippen LogP contribution in [0.1, 0.15) is 11.6 Å². The van der Waals surface area contributed by atoms with Crippen LogP contribution >= 0.6 is 0 Å². The van der Waals surface area contributed by atoms with E-state index in [4.69, 9.17) is 14.9 Å². The average molecular weight is 462 g/mol. The van der Waals surface area contributed by atoms with Gasteiger partial charge in [0.05, 0.1) is 31.1 Å². The first-order valence-electron chi connectivity index (χ1n) is 10.7. The number of ether oxygens (including phenoxy) is 1. The fourth-order valence-electron chi connectivity index (χ4n) is 4.09. The molecule has 2 atom stereocenters. The molecule has 12 heteroatoms. The Kier molecular flexibility index (Phi) is 4.81. The number of nitrogens with zero attached hydrogens (tertiary/aromatic N) is 6. The number of anilines is 1. The minimum absolute atomic E-state index is 0.116. The number of furan rings is 1. The maximum Gasteiger partial charge on any atom is 0.225 e. The van der Waals surface area contributed by atoms with Gasteiger partial charge in [-0.2, -0.15) is 14.6 Å². The minimum atomic E-state index is -1.09. The second-order valence-electron chi connectivity index (χ2n) is 8.34. The molecule has 34 heavy (non-hydrogen) atoms. The van der Waals surface area contributed by atoms with E-state index >= 15 is 0 Å². The zero-order valence-corrected chi connectivity index (χ0v) is 17.9. The van der Waals surface area contributed by atoms with Crippen molar-refractivity contribution in [2.45, 2.75) is 17.9 Å². The highest BCUT2D eigenvalue weighted by Gasteiger charge is 2.37. The van der Waals surface area contributed by atoms with Gasteiger partial charge >= 0.3 is 0 Å². The lowest BCUT2D eigenvalue weighted by atomic mass is 10.0. The summed E-state index contributed by atoms with van der Waals surface area (Å²) >= 11 is 0. The van der Waals surface area contributed by atoms with Crippen LogP contribution in [0.15, 0.2) is 59.3 Å². The minimum Gasteiger partial charge on any atom is -0.461 e. The van der Waals surface area contributed by atoms with E-state index in [1.54, 1.807) is 29.3 Å². The molecule has 5 aromatic rings. The summed E-state index contributed by atoms with van der Waals surface area (Å²) in [6.07, 6.45) is 2.07. The van der Waals surface area contributed by atoms with Crippen molar-refractivity contribution >= 4 is 22.6 Å². The maximum absolute atomic E-state index is 11.2. The predicted molar refractivity (Wildman–Crippen MR) is 121 cm³/mol. The number of nitrogens with two attached hydrogens (primary N) is 1. The number of nitrogen functional groups attached to an aromatic ring is 1. The zero-order valence-electron chi connectivity index (χ0n) is 17.9. The zero-order chi connectivity index (χ0) is 23.3. The second kappa shape index (κ2) is 7.88. The molecule has 0 radical (unpaired) electrons. The molecule has 0 aliphatic carbocycles. The summed E-state index contributed by atoms with van der Waals surface area (Å²) in [4.78, 5) is 9.10. The highest BCUT2D eigenvalue weighted by molar-refractivity contribution is 5.90. The van der Waals surface area contributed by atoms with Gasteiger partial charge in [-0.1, -0.05) is 30.3 Å². The predicted octanol–water partition coefficient (Wildman–Crippen LogP) is 0.575. The average Bonchev–Trinajstić information content (AvgIpc) is 3.57. The van der Waals surface area contributed by atoms with Gasteiger partial charge in [0.15, 0.2) is 17.1 Å². The van der Waals surface area contributed by atoms with Crippen LogP contribution in [0.25, 0.3) is 28.3 Å². The highest BCUT2D eigenvalue weighted by atomic mass is 16.5. The third-order valence-electron chi connectivity index (χ3n) is 5.88. The Bertz CT molecular complexity index is 1440. The quantitative estimate of drug-likeness (QED) is 0.252. The molecule has 0 amide bonds. The van der Waals surface area contributed by atoms with Crippen LogP contribution in [0.2, 0.25) is 0 Å². The van der Waals surface area contributed by atoms with Gasteiger partial charge in [-0.05, 0) is 17.7 Å². The normalized spacial score (nSPS) is 17.1. The molecular formula is C22H22N8O4. The summed E-state index contributed by atoms with van der Waals surface area (Å²) in [5.41, 5.74) is 6.91. The molecule has 174 valence electrons. The van der Waals surface area contributed by atoms with Gasteiger partial charge in [0.2, 0.25) is 11.8 Å². The molecule has 1 aliphatic heterocycles. The number of benzene rings is 1. The van der Waals surface area contributed by atoms with Gasteiger partial charge in [0.1, 0.15) is 17.9 Å². The Morgan fingerprint density at radius 1 is 1.12 bits per heavy atom. The van der Waals surface area contributed by atoms with Gasteiger partial charge in [0, 0.05) is 6.54 Å². The van der Waals surface area contributed by atoms with Crippen LogP contribution in [0.4, 0.5) is 5.95 Å². The number of hydrogen-bond donors (Lipinski definition) is 4. The van der Waals surface area contributed by atoms with Crippen molar-refractivity contribution in [1.82, 2.24) is 34.7 Å². The summed E-state index contributed by atoms with van der Waals surface area (Å²) < 4.78 is 13.5. The third-order valence-corrected chi connectivity index (χ3v) is 5.88. The summed E-state index contributed by atoms with van der Waals surface area (Å²) in [5, 5.41) is 34.1. The molecule has 0 bridgehead atoms. The molecule has 1 aromatic carbocycles. The van der Waals surface area contributed by atoms with E-state index in [2.05, 4.69) is 25.5 Å². The lowest BCUT2D eigenvalue weighted by Gasteiger charge is -2.37. The SMILES string of the molecule is Nc1nc2c(cnn2[C@@H](c2ccccc2)C(O)NCC2(O)COC2)c2nc(-c3ccco3)nn12. The van der Waals surface area contributed by atoms with E-state index in [1.165, 1.54) is 4.52 Å². The first-order chi connectivity index (χ1) is 16.5. The lowest BCUT2D eigenvalue weighted by molar-refractivity contribution is -0.178. The first-order valence-corrected chi connectivity index (χ1v) is 10.7. The number of aliphatic hydroxyl groups is 2. The van der Waals surface area contributed by atoms with Crippen molar-refractivity contribution in [3.05, 3.63) is 60.5 Å². The molecule has 5 N–H and O–H groups in total. The Balaban J connectivity index is 1.45. The molecule has 1 aliphatic rings. The number of nitrogens with one attached hydrogen (secondary N) is 1. The molecule has 4 aromatic heterocycles. The van der Waals surface area contributed by atoms with Crippen molar-refractivity contribution in [2.24, 2.45) is 0 Å². The van der Waals surface area contributed by atoms with Crippen LogP contribution in [-0.2, 0) is 4.74 Å². The Labute approximate surface area is 192 Å². The summed E-state index contributed by atoms with van der Waals surface area (Å²) in [6.45, 7) is 0.593. The van der Waals surface area contributed by atoms with Gasteiger partial charge in [-0.25, -0.2) is 9.67 Å². The summed E-state index contributed by atoms with van der Waals surface area (Å²) in [5.74, 6) is 0.990. The monoisotopic (exact) mass is 462 g/mol. The molecule has 0 spiro atoms. The van der Waals surface area contributed by atoms with Gasteiger partial charge < -0.3 is 25.1 Å². The Morgan fingerprint density at radius 3 is 2.65 bits per heavy atom. The van der Waals surface area contributed by atoms with E-state index in [0.29, 0.717) is 28.3 Å². The molecule has 1 fully saturated rings. The fraction of sp³-hybridized carbons (Fsp3) is 0.273. The van der Waals surface area contributed by atoms with E-state index in [-0.39, 0.29) is 25.7 Å². The van der Waals surface area contributed by atoms with Crippen LogP contribution in [0, 0.1) is 0 Å². The largest absolute Gasteiger partial charge is 0.461 e. The van der Waals surface area contributed by atoms with E-state index in [0.717, 1.165) is 5.56 Å². The highest BCUT2D eigenvalue weighted by Crippen LogP contribution is 2.29. The van der Waals surface area contributed by atoms with E-state index in [9.17, 15) is 10.2 Å². The number of rotatable bonds is 7. The number of fused-ring (bicyclic) bond motifs is 3. The first kappa shape index (κ1) is 20.7. The molecule has 0 saturated carbocycles. The number of aliphatic hydroxyl groups excluding tert-OH is 1. The molecule has 5 heterocycles. The third kappa shape index (κ3) is 3.40. The summed E-state index contributed by atoms with van der Waals surface area (Å²) in [6, 6.07) is 12.3. The fourth-order valence-corrected chi connectivity index (χ4v) is 4.09. The summed E-state index contributed by atoms with van der Waals surface area (Å²) in [7, 11) is 0. The van der Waals surface area contributed by atoms with Crippen LogP contribution < -0.4 is 11.1 Å². The van der Waals surface area contributed by atoms with Gasteiger partial charge in [0.25, 0.3) is 0 Å². The number of aromatic nitrogens is 6. The van der Waals surface area contributed by atoms with Crippen LogP contribution in [-0.4, -0.2) is 71.2 Å². The van der Waals surface area contributed by atoms with Crippen molar-refractivity contribution in [3.63, 3.8) is 0 Å². The molecule has 12 nitrogen and oxygen atoms in total. The molecule has 6 rings (SSSR count). The topological polar surface area (TPSA) is 162 Å². The maximum atomic E-state index is 11.2. The van der Waals surface area contributed by atoms with Crippen molar-refractivity contribution in [2.75, 3.05) is 25.5 Å². The van der Waals surface area contributed by atoms with Gasteiger partial charge in [-0.3, -0.25) is 5.32 Å². The van der Waals surface area contributed by atoms with Crippen molar-refractivity contribution < 1.29 is 19.4 Å². The molecule has 1 unspecified atom stereocenters. The van der Waals surface area contributed by atoms with Gasteiger partial charge in [-0.15, -0.1) is 5.10 Å². The number of hydrogen-bond acceptors (Lipinski definition) is 10.